The van der Waals surface area contributed by atoms with Crippen molar-refractivity contribution in [1.29, 1.82) is 0 Å². The van der Waals surface area contributed by atoms with Gasteiger partial charge in [-0.15, -0.1) is 0 Å². The predicted molar refractivity (Wildman–Crippen MR) is 78.5 cm³/mol. The van der Waals surface area contributed by atoms with Crippen molar-refractivity contribution in [2.75, 3.05) is 31.2 Å². The van der Waals surface area contributed by atoms with Crippen molar-refractivity contribution in [3.8, 4) is 0 Å². The number of ether oxygens (including phenoxy) is 1. The van der Waals surface area contributed by atoms with E-state index in [1.807, 2.05) is 0 Å². The fourth-order valence-electron chi connectivity index (χ4n) is 2.96. The first-order valence-corrected chi connectivity index (χ1v) is 7.52. The summed E-state index contributed by atoms with van der Waals surface area (Å²) in [4.78, 5) is 2.51. The van der Waals surface area contributed by atoms with Crippen molar-refractivity contribution >= 4 is 5.69 Å². The highest BCUT2D eigenvalue weighted by atomic mass is 16.5. The zero-order chi connectivity index (χ0) is 13.1. The lowest BCUT2D eigenvalue weighted by atomic mass is 10.1. The molecule has 1 saturated carbocycles. The summed E-state index contributed by atoms with van der Waals surface area (Å²) < 4.78 is 5.54. The van der Waals surface area contributed by atoms with Gasteiger partial charge in [0.2, 0.25) is 0 Å². The van der Waals surface area contributed by atoms with Crippen LogP contribution in [0.5, 0.6) is 0 Å². The second-order valence-corrected chi connectivity index (χ2v) is 5.60. The van der Waals surface area contributed by atoms with Crippen LogP contribution in [-0.2, 0) is 11.3 Å². The third kappa shape index (κ3) is 3.10. The molecule has 1 fully saturated rings. The van der Waals surface area contributed by atoms with Crippen molar-refractivity contribution in [2.24, 2.45) is 5.92 Å². The first-order valence-electron chi connectivity index (χ1n) is 7.52. The van der Waals surface area contributed by atoms with Crippen LogP contribution in [0, 0.1) is 5.92 Å². The average molecular weight is 260 g/mol. The second kappa shape index (κ2) is 5.93. The molecule has 0 aromatic heterocycles. The van der Waals surface area contributed by atoms with Gasteiger partial charge in [0.25, 0.3) is 0 Å². The van der Waals surface area contributed by atoms with Gasteiger partial charge in [0.1, 0.15) is 0 Å². The number of fused-ring (bicyclic) bond motifs is 1. The maximum absolute atomic E-state index is 5.54. The Morgan fingerprint density at radius 1 is 1.32 bits per heavy atom. The summed E-state index contributed by atoms with van der Waals surface area (Å²) in [5.41, 5.74) is 2.81. The zero-order valence-corrected chi connectivity index (χ0v) is 11.8. The van der Waals surface area contributed by atoms with Crippen molar-refractivity contribution < 1.29 is 4.74 Å². The standard InChI is InChI=1S/C16H24N2O/c1-2-19-10-9-18-12-15(13-7-8-13)17-11-14-5-3-4-6-16(14)18/h3-6,13,15,17H,2,7-12H2,1H3. The van der Waals surface area contributed by atoms with Crippen LogP contribution in [-0.4, -0.2) is 32.3 Å². The van der Waals surface area contributed by atoms with Crippen LogP contribution in [0.1, 0.15) is 25.3 Å². The molecule has 3 rings (SSSR count). The van der Waals surface area contributed by atoms with E-state index in [2.05, 4.69) is 41.4 Å². The Hall–Kier alpha value is -1.06. The van der Waals surface area contributed by atoms with Crippen LogP contribution in [0.25, 0.3) is 0 Å². The molecule has 1 aromatic rings. The maximum Gasteiger partial charge on any atom is 0.0641 e. The molecule has 2 aliphatic rings. The van der Waals surface area contributed by atoms with Gasteiger partial charge in [0.15, 0.2) is 0 Å². The molecule has 3 heteroatoms. The molecular formula is C16H24N2O. The summed E-state index contributed by atoms with van der Waals surface area (Å²) in [7, 11) is 0. The van der Waals surface area contributed by atoms with E-state index < -0.39 is 0 Å². The molecule has 0 bridgehead atoms. The molecule has 1 heterocycles. The molecule has 1 aromatic carbocycles. The number of nitrogens with zero attached hydrogens (tertiary/aromatic N) is 1. The Morgan fingerprint density at radius 3 is 2.95 bits per heavy atom. The largest absolute Gasteiger partial charge is 0.380 e. The van der Waals surface area contributed by atoms with E-state index in [1.165, 1.54) is 24.1 Å². The smallest absolute Gasteiger partial charge is 0.0641 e. The minimum atomic E-state index is 0.647. The molecule has 19 heavy (non-hydrogen) atoms. The monoisotopic (exact) mass is 260 g/mol. The third-order valence-electron chi connectivity index (χ3n) is 4.20. The topological polar surface area (TPSA) is 24.5 Å². The highest BCUT2D eigenvalue weighted by molar-refractivity contribution is 5.54. The lowest BCUT2D eigenvalue weighted by molar-refractivity contribution is 0.153. The molecular weight excluding hydrogens is 236 g/mol. The van der Waals surface area contributed by atoms with E-state index in [0.29, 0.717) is 6.04 Å². The first-order chi connectivity index (χ1) is 9.38. The number of para-hydroxylation sites is 1. The van der Waals surface area contributed by atoms with Gasteiger partial charge in [-0.2, -0.15) is 0 Å². The quantitative estimate of drug-likeness (QED) is 0.823. The van der Waals surface area contributed by atoms with Crippen molar-refractivity contribution in [1.82, 2.24) is 5.32 Å². The van der Waals surface area contributed by atoms with Gasteiger partial charge >= 0.3 is 0 Å². The van der Waals surface area contributed by atoms with Gasteiger partial charge < -0.3 is 15.0 Å². The second-order valence-electron chi connectivity index (χ2n) is 5.60. The summed E-state index contributed by atoms with van der Waals surface area (Å²) in [5, 5.41) is 3.74. The van der Waals surface area contributed by atoms with Gasteiger partial charge in [-0.25, -0.2) is 0 Å². The molecule has 1 aliphatic carbocycles. The van der Waals surface area contributed by atoms with E-state index in [4.69, 9.17) is 4.74 Å². The van der Waals surface area contributed by atoms with Gasteiger partial charge in [-0.1, -0.05) is 18.2 Å². The number of hydrogen-bond acceptors (Lipinski definition) is 3. The molecule has 0 amide bonds. The van der Waals surface area contributed by atoms with E-state index in [-0.39, 0.29) is 0 Å². The minimum Gasteiger partial charge on any atom is -0.380 e. The van der Waals surface area contributed by atoms with Crippen molar-refractivity contribution in [3.63, 3.8) is 0 Å². The lowest BCUT2D eigenvalue weighted by Crippen LogP contribution is -2.41. The highest BCUT2D eigenvalue weighted by Crippen LogP contribution is 2.35. The molecule has 3 nitrogen and oxygen atoms in total. The first kappa shape index (κ1) is 12.9. The average Bonchev–Trinajstić information content (AvgIpc) is 3.26. The van der Waals surface area contributed by atoms with Gasteiger partial charge in [0.05, 0.1) is 6.61 Å². The van der Waals surface area contributed by atoms with Gasteiger partial charge in [0, 0.05) is 38.0 Å². The molecule has 0 saturated heterocycles. The molecule has 0 radical (unpaired) electrons. The van der Waals surface area contributed by atoms with Crippen LogP contribution in [0.15, 0.2) is 24.3 Å². The Morgan fingerprint density at radius 2 is 2.16 bits per heavy atom. The molecule has 1 atom stereocenters. The Kier molecular flexibility index (Phi) is 4.04. The van der Waals surface area contributed by atoms with Crippen LogP contribution < -0.4 is 10.2 Å². The maximum atomic E-state index is 5.54. The van der Waals surface area contributed by atoms with Crippen molar-refractivity contribution in [3.05, 3.63) is 29.8 Å². The zero-order valence-electron chi connectivity index (χ0n) is 11.8. The molecule has 1 N–H and O–H groups in total. The predicted octanol–water partition coefficient (Wildman–Crippen LogP) is 2.41. The number of rotatable bonds is 5. The number of hydrogen-bond donors (Lipinski definition) is 1. The normalized spacial score (nSPS) is 23.0. The summed E-state index contributed by atoms with van der Waals surface area (Å²) in [5.74, 6) is 0.893. The SMILES string of the molecule is CCOCCN1CC(C2CC2)NCc2ccccc21. The van der Waals surface area contributed by atoms with Crippen LogP contribution in [0.4, 0.5) is 5.69 Å². The lowest BCUT2D eigenvalue weighted by Gasteiger charge is -2.27. The Labute approximate surface area is 115 Å². The van der Waals surface area contributed by atoms with E-state index in [9.17, 15) is 0 Å². The number of anilines is 1. The Bertz CT molecular complexity index is 417. The van der Waals surface area contributed by atoms with Gasteiger partial charge in [-0.3, -0.25) is 0 Å². The summed E-state index contributed by atoms with van der Waals surface area (Å²) in [6.45, 7) is 6.81. The van der Waals surface area contributed by atoms with E-state index >= 15 is 0 Å². The Balaban J connectivity index is 1.75. The fourth-order valence-corrected chi connectivity index (χ4v) is 2.96. The van der Waals surface area contributed by atoms with Crippen LogP contribution >= 0.6 is 0 Å². The third-order valence-corrected chi connectivity index (χ3v) is 4.20. The van der Waals surface area contributed by atoms with E-state index in [0.717, 1.165) is 38.8 Å². The van der Waals surface area contributed by atoms with Crippen molar-refractivity contribution in [2.45, 2.75) is 32.4 Å². The highest BCUT2D eigenvalue weighted by Gasteiger charge is 2.33. The number of benzene rings is 1. The van der Waals surface area contributed by atoms with Crippen LogP contribution in [0.2, 0.25) is 0 Å². The summed E-state index contributed by atoms with van der Waals surface area (Å²) in [6.07, 6.45) is 2.79. The summed E-state index contributed by atoms with van der Waals surface area (Å²) >= 11 is 0. The number of nitrogens with one attached hydrogen (secondary N) is 1. The molecule has 104 valence electrons. The molecule has 1 aliphatic heterocycles. The minimum absolute atomic E-state index is 0.647. The summed E-state index contributed by atoms with van der Waals surface area (Å²) in [6, 6.07) is 9.42. The molecule has 1 unspecified atom stereocenters. The fraction of sp³-hybridized carbons (Fsp3) is 0.625. The molecule has 0 spiro atoms. The van der Waals surface area contributed by atoms with Crippen LogP contribution in [0.3, 0.4) is 0 Å². The van der Waals surface area contributed by atoms with E-state index in [1.54, 1.807) is 0 Å². The van der Waals surface area contributed by atoms with Gasteiger partial charge in [-0.05, 0) is 37.3 Å².